The molecule has 3 aliphatic rings. The number of fused-ring (bicyclic) bond motifs is 2. The van der Waals surface area contributed by atoms with Crippen molar-refractivity contribution in [2.45, 2.75) is 75.7 Å². The highest BCUT2D eigenvalue weighted by Crippen LogP contribution is 2.41. The van der Waals surface area contributed by atoms with Gasteiger partial charge < -0.3 is 24.5 Å². The molecule has 2 atom stereocenters. The highest BCUT2D eigenvalue weighted by atomic mass is 16.7. The normalized spacial score (nSPS) is 42.8. The summed E-state index contributed by atoms with van der Waals surface area (Å²) in [5, 5.41) is 14.4. The number of ether oxygens (including phenoxy) is 1. The second-order valence-corrected chi connectivity index (χ2v) is 7.62. The number of piperidine rings is 1. The van der Waals surface area contributed by atoms with Gasteiger partial charge in [0.2, 0.25) is 0 Å². The maximum atomic E-state index is 10.9. The molecule has 0 aromatic carbocycles. The van der Waals surface area contributed by atoms with Crippen molar-refractivity contribution in [1.82, 2.24) is 5.32 Å². The zero-order chi connectivity index (χ0) is 14.6. The molecule has 0 aromatic rings. The molecule has 20 heavy (non-hydrogen) atoms. The monoisotopic (exact) mass is 283 g/mol. The third-order valence-electron chi connectivity index (χ3n) is 5.21. The standard InChI is InChI=1S/C14H26BNO4/c1-12(2)13(3,4)20-15(19-12)9-14(17)5-10-7-18-8-11(6-14)16-10/h10-11,16-17H,5-9H2,1-4H3. The van der Waals surface area contributed by atoms with Gasteiger partial charge in [0.15, 0.2) is 0 Å². The minimum atomic E-state index is -0.717. The van der Waals surface area contributed by atoms with E-state index in [9.17, 15) is 5.11 Å². The fourth-order valence-electron chi connectivity index (χ4n) is 3.54. The molecule has 3 aliphatic heterocycles. The van der Waals surface area contributed by atoms with E-state index in [1.807, 2.05) is 27.7 Å². The number of rotatable bonds is 2. The van der Waals surface area contributed by atoms with Gasteiger partial charge in [0.05, 0.1) is 30.0 Å². The Labute approximate surface area is 121 Å². The molecule has 0 aliphatic carbocycles. The predicted octanol–water partition coefficient (Wildman–Crippen LogP) is 0.960. The first kappa shape index (κ1) is 14.8. The number of morpholine rings is 1. The van der Waals surface area contributed by atoms with Crippen molar-refractivity contribution in [2.75, 3.05) is 13.2 Å². The molecule has 0 aromatic heterocycles. The van der Waals surface area contributed by atoms with Crippen LogP contribution in [-0.2, 0) is 14.0 Å². The molecule has 0 spiro atoms. The van der Waals surface area contributed by atoms with Crippen molar-refractivity contribution in [1.29, 1.82) is 0 Å². The maximum absolute atomic E-state index is 10.9. The Hall–Kier alpha value is -0.135. The molecule has 2 N–H and O–H groups in total. The fourth-order valence-corrected chi connectivity index (χ4v) is 3.54. The first-order chi connectivity index (χ1) is 9.19. The lowest BCUT2D eigenvalue weighted by molar-refractivity contribution is -0.0686. The molecule has 2 bridgehead atoms. The molecule has 0 saturated carbocycles. The van der Waals surface area contributed by atoms with Crippen molar-refractivity contribution in [2.24, 2.45) is 0 Å². The second kappa shape index (κ2) is 4.68. The van der Waals surface area contributed by atoms with E-state index in [4.69, 9.17) is 14.0 Å². The number of hydrogen-bond donors (Lipinski definition) is 2. The quantitative estimate of drug-likeness (QED) is 0.739. The molecule has 6 heteroatoms. The minimum absolute atomic E-state index is 0.245. The van der Waals surface area contributed by atoms with Crippen LogP contribution in [0.15, 0.2) is 0 Å². The molecule has 3 fully saturated rings. The fraction of sp³-hybridized carbons (Fsp3) is 1.00. The van der Waals surface area contributed by atoms with E-state index in [0.29, 0.717) is 32.4 Å². The predicted molar refractivity (Wildman–Crippen MR) is 76.6 cm³/mol. The molecule has 3 heterocycles. The highest BCUT2D eigenvalue weighted by molar-refractivity contribution is 6.45. The third kappa shape index (κ3) is 2.64. The van der Waals surface area contributed by atoms with Gasteiger partial charge in [-0.2, -0.15) is 0 Å². The Balaban J connectivity index is 1.66. The Kier molecular flexibility index (Phi) is 3.46. The highest BCUT2D eigenvalue weighted by Gasteiger charge is 2.54. The van der Waals surface area contributed by atoms with Crippen LogP contribution in [-0.4, -0.2) is 54.3 Å². The summed E-state index contributed by atoms with van der Waals surface area (Å²) in [5.41, 5.74) is -1.38. The van der Waals surface area contributed by atoms with E-state index in [-0.39, 0.29) is 30.4 Å². The van der Waals surface area contributed by atoms with Crippen molar-refractivity contribution in [3.8, 4) is 0 Å². The van der Waals surface area contributed by atoms with Gasteiger partial charge in [-0.1, -0.05) is 0 Å². The average Bonchev–Trinajstić information content (AvgIpc) is 2.44. The third-order valence-corrected chi connectivity index (χ3v) is 5.21. The van der Waals surface area contributed by atoms with Crippen LogP contribution in [0.2, 0.25) is 6.32 Å². The molecule has 0 amide bonds. The van der Waals surface area contributed by atoms with Gasteiger partial charge in [0.25, 0.3) is 0 Å². The van der Waals surface area contributed by atoms with Crippen LogP contribution < -0.4 is 5.32 Å². The lowest BCUT2D eigenvalue weighted by Gasteiger charge is -2.45. The SMILES string of the molecule is CC1(C)OB(CC2(O)CC3COCC(C2)N3)OC1(C)C. The molecule has 5 nitrogen and oxygen atoms in total. The molecule has 114 valence electrons. The van der Waals surface area contributed by atoms with E-state index in [2.05, 4.69) is 5.32 Å². The average molecular weight is 283 g/mol. The van der Waals surface area contributed by atoms with E-state index in [0.717, 1.165) is 0 Å². The van der Waals surface area contributed by atoms with Gasteiger partial charge in [-0.05, 0) is 40.5 Å². The van der Waals surface area contributed by atoms with E-state index in [1.54, 1.807) is 0 Å². The molecular weight excluding hydrogens is 257 g/mol. The lowest BCUT2D eigenvalue weighted by atomic mass is 9.68. The topological polar surface area (TPSA) is 60.0 Å². The Bertz CT molecular complexity index is 359. The van der Waals surface area contributed by atoms with Gasteiger partial charge in [0.1, 0.15) is 0 Å². The Morgan fingerprint density at radius 3 is 2.05 bits per heavy atom. The maximum Gasteiger partial charge on any atom is 0.460 e. The van der Waals surface area contributed by atoms with Gasteiger partial charge in [-0.25, -0.2) is 0 Å². The number of hydrogen-bond acceptors (Lipinski definition) is 5. The summed E-state index contributed by atoms with van der Waals surface area (Å²) in [6.07, 6.45) is 1.94. The summed E-state index contributed by atoms with van der Waals surface area (Å²) in [4.78, 5) is 0. The smallest absolute Gasteiger partial charge is 0.403 e. The van der Waals surface area contributed by atoms with Crippen LogP contribution in [0.4, 0.5) is 0 Å². The lowest BCUT2D eigenvalue weighted by Crippen LogP contribution is -2.60. The molecule has 3 saturated heterocycles. The number of nitrogens with one attached hydrogen (secondary N) is 1. The first-order valence-corrected chi connectivity index (χ1v) is 7.61. The summed E-state index contributed by atoms with van der Waals surface area (Å²) in [5.74, 6) is 0. The van der Waals surface area contributed by atoms with Crippen molar-refractivity contribution in [3.05, 3.63) is 0 Å². The molecule has 3 rings (SSSR count). The van der Waals surface area contributed by atoms with Gasteiger partial charge >= 0.3 is 7.12 Å². The summed E-state index contributed by atoms with van der Waals surface area (Å²) in [6, 6.07) is 0.491. The summed E-state index contributed by atoms with van der Waals surface area (Å²) in [6.45, 7) is 9.54. The molecule has 0 radical (unpaired) electrons. The first-order valence-electron chi connectivity index (χ1n) is 7.61. The Morgan fingerprint density at radius 2 is 1.55 bits per heavy atom. The van der Waals surface area contributed by atoms with Crippen LogP contribution in [0.1, 0.15) is 40.5 Å². The Morgan fingerprint density at radius 1 is 1.05 bits per heavy atom. The van der Waals surface area contributed by atoms with Crippen LogP contribution in [0.3, 0.4) is 0 Å². The van der Waals surface area contributed by atoms with Crippen LogP contribution in [0.5, 0.6) is 0 Å². The zero-order valence-electron chi connectivity index (χ0n) is 12.9. The number of aliphatic hydroxyl groups is 1. The van der Waals surface area contributed by atoms with Crippen LogP contribution in [0.25, 0.3) is 0 Å². The largest absolute Gasteiger partial charge is 0.460 e. The summed E-state index contributed by atoms with van der Waals surface area (Å²) < 4.78 is 17.6. The van der Waals surface area contributed by atoms with E-state index in [1.165, 1.54) is 0 Å². The van der Waals surface area contributed by atoms with Crippen LogP contribution >= 0.6 is 0 Å². The van der Waals surface area contributed by atoms with Gasteiger partial charge in [-0.15, -0.1) is 0 Å². The zero-order valence-corrected chi connectivity index (χ0v) is 12.9. The van der Waals surface area contributed by atoms with Crippen LogP contribution in [0, 0.1) is 0 Å². The second-order valence-electron chi connectivity index (χ2n) is 7.62. The summed E-state index contributed by atoms with van der Waals surface area (Å²) >= 11 is 0. The minimum Gasteiger partial charge on any atom is -0.403 e. The van der Waals surface area contributed by atoms with Gasteiger partial charge in [0, 0.05) is 18.4 Å². The summed E-state index contributed by atoms with van der Waals surface area (Å²) in [7, 11) is -0.329. The van der Waals surface area contributed by atoms with Crippen molar-refractivity contribution >= 4 is 7.12 Å². The molecule has 2 unspecified atom stereocenters. The van der Waals surface area contributed by atoms with Crippen molar-refractivity contribution in [3.63, 3.8) is 0 Å². The van der Waals surface area contributed by atoms with Gasteiger partial charge in [-0.3, -0.25) is 0 Å². The van der Waals surface area contributed by atoms with E-state index >= 15 is 0 Å². The molecular formula is C14H26BNO4. The van der Waals surface area contributed by atoms with E-state index < -0.39 is 5.60 Å². The van der Waals surface area contributed by atoms with Crippen molar-refractivity contribution < 1.29 is 19.2 Å².